The molecule has 7 heteroatoms. The second kappa shape index (κ2) is 5.96. The Labute approximate surface area is 136 Å². The molecule has 0 spiro atoms. The normalized spacial score (nSPS) is 17.0. The van der Waals surface area contributed by atoms with Crippen molar-refractivity contribution in [2.75, 3.05) is 0 Å². The number of hydroxylamine groups is 1. The third-order valence-electron chi connectivity index (χ3n) is 3.27. The molecule has 0 amide bonds. The van der Waals surface area contributed by atoms with Crippen molar-refractivity contribution < 1.29 is 9.76 Å². The van der Waals surface area contributed by atoms with Crippen molar-refractivity contribution in [1.29, 1.82) is 0 Å². The summed E-state index contributed by atoms with van der Waals surface area (Å²) in [5.41, 5.74) is 4.71. The summed E-state index contributed by atoms with van der Waals surface area (Å²) >= 11 is 12.3. The zero-order chi connectivity index (χ0) is 15.7. The number of nitrogens with one attached hydrogen (secondary N) is 1. The molecule has 22 heavy (non-hydrogen) atoms. The van der Waals surface area contributed by atoms with Crippen LogP contribution in [0.4, 0.5) is 5.69 Å². The average molecular weight is 337 g/mol. The summed E-state index contributed by atoms with van der Waals surface area (Å²) in [6, 6.07) is 11.5. The molecule has 0 radical (unpaired) electrons. The first-order chi connectivity index (χ1) is 10.6. The highest BCUT2D eigenvalue weighted by molar-refractivity contribution is 6.36. The van der Waals surface area contributed by atoms with Gasteiger partial charge in [0.15, 0.2) is 0 Å². The maximum Gasteiger partial charge on any atom is 0.270 e. The third-order valence-corrected chi connectivity index (χ3v) is 3.93. The number of nitro benzene ring substituents is 1. The fourth-order valence-electron chi connectivity index (χ4n) is 2.21. The lowest BCUT2D eigenvalue weighted by atomic mass is 10.1. The van der Waals surface area contributed by atoms with Crippen LogP contribution < -0.4 is 5.48 Å². The largest absolute Gasteiger partial charge is 0.270 e. The second-order valence-corrected chi connectivity index (χ2v) is 5.48. The maximum atomic E-state index is 10.8. The number of benzene rings is 2. The zero-order valence-corrected chi connectivity index (χ0v) is 12.6. The predicted molar refractivity (Wildman–Crippen MR) is 84.5 cm³/mol. The number of nitrogens with zero attached hydrogens (tertiary/aromatic N) is 1. The molecule has 1 unspecified atom stereocenters. The van der Waals surface area contributed by atoms with Gasteiger partial charge in [-0.1, -0.05) is 41.4 Å². The molecule has 3 rings (SSSR count). The lowest BCUT2D eigenvalue weighted by Crippen LogP contribution is -2.08. The summed E-state index contributed by atoms with van der Waals surface area (Å²) in [6.07, 6.45) is 1.32. The molecule has 1 atom stereocenters. The Morgan fingerprint density at radius 2 is 1.82 bits per heavy atom. The third kappa shape index (κ3) is 2.78. The van der Waals surface area contributed by atoms with Crippen molar-refractivity contribution >= 4 is 34.6 Å². The molecule has 0 saturated heterocycles. The minimum absolute atomic E-state index is 0.0134. The highest BCUT2D eigenvalue weighted by Gasteiger charge is 2.24. The molecule has 0 saturated carbocycles. The monoisotopic (exact) mass is 336 g/mol. The highest BCUT2D eigenvalue weighted by Crippen LogP contribution is 2.37. The van der Waals surface area contributed by atoms with Gasteiger partial charge >= 0.3 is 0 Å². The van der Waals surface area contributed by atoms with Crippen LogP contribution in [0.5, 0.6) is 0 Å². The summed E-state index contributed by atoms with van der Waals surface area (Å²) in [7, 11) is 0. The molecule has 1 N–H and O–H groups in total. The number of hydrogen-bond acceptors (Lipinski definition) is 4. The number of non-ortho nitro benzene ring substituents is 1. The fourth-order valence-corrected chi connectivity index (χ4v) is 2.83. The second-order valence-electron chi connectivity index (χ2n) is 4.66. The first kappa shape index (κ1) is 14.8. The van der Waals surface area contributed by atoms with Crippen LogP contribution >= 0.6 is 23.2 Å². The SMILES string of the molecule is O=[N+]([O-])c1cccc(C2=CC(c3c(Cl)cccc3Cl)ON2)c1. The van der Waals surface area contributed by atoms with Crippen LogP contribution in [0.15, 0.2) is 48.5 Å². The summed E-state index contributed by atoms with van der Waals surface area (Å²) in [4.78, 5) is 15.9. The summed E-state index contributed by atoms with van der Waals surface area (Å²) < 4.78 is 0. The van der Waals surface area contributed by atoms with E-state index < -0.39 is 11.0 Å². The molecule has 1 aliphatic heterocycles. The summed E-state index contributed by atoms with van der Waals surface area (Å²) in [5, 5.41) is 11.8. The van der Waals surface area contributed by atoms with Gasteiger partial charge in [0.2, 0.25) is 0 Å². The van der Waals surface area contributed by atoms with E-state index >= 15 is 0 Å². The van der Waals surface area contributed by atoms with Gasteiger partial charge in [0.25, 0.3) is 5.69 Å². The average Bonchev–Trinajstić information content (AvgIpc) is 2.97. The Morgan fingerprint density at radius 3 is 2.50 bits per heavy atom. The first-order valence-electron chi connectivity index (χ1n) is 6.38. The lowest BCUT2D eigenvalue weighted by molar-refractivity contribution is -0.384. The smallest absolute Gasteiger partial charge is 0.266 e. The van der Waals surface area contributed by atoms with E-state index in [0.29, 0.717) is 26.9 Å². The van der Waals surface area contributed by atoms with Gasteiger partial charge in [-0.25, -0.2) is 0 Å². The standard InChI is InChI=1S/C15H10Cl2N2O3/c16-11-5-2-6-12(17)15(11)14-8-13(18-22-14)9-3-1-4-10(7-9)19(20)21/h1-8,14,18H. The van der Waals surface area contributed by atoms with E-state index in [-0.39, 0.29) is 5.69 Å². The van der Waals surface area contributed by atoms with Gasteiger partial charge < -0.3 is 0 Å². The minimum Gasteiger partial charge on any atom is -0.266 e. The molecule has 2 aromatic rings. The minimum atomic E-state index is -0.463. The van der Waals surface area contributed by atoms with Crippen LogP contribution in [-0.4, -0.2) is 4.92 Å². The molecule has 0 aromatic heterocycles. The predicted octanol–water partition coefficient (Wildman–Crippen LogP) is 4.52. The topological polar surface area (TPSA) is 64.4 Å². The molecule has 5 nitrogen and oxygen atoms in total. The van der Waals surface area contributed by atoms with Crippen molar-refractivity contribution in [3.8, 4) is 0 Å². The molecule has 2 aromatic carbocycles. The van der Waals surface area contributed by atoms with Crippen LogP contribution in [0.25, 0.3) is 5.70 Å². The van der Waals surface area contributed by atoms with Crippen molar-refractivity contribution in [3.05, 3.63) is 79.8 Å². The Hall–Kier alpha value is -2.08. The van der Waals surface area contributed by atoms with Crippen molar-refractivity contribution in [1.82, 2.24) is 5.48 Å². The maximum absolute atomic E-state index is 10.8. The van der Waals surface area contributed by atoms with Gasteiger partial charge in [0, 0.05) is 33.3 Å². The summed E-state index contributed by atoms with van der Waals surface area (Å²) in [6.45, 7) is 0. The Morgan fingerprint density at radius 1 is 1.14 bits per heavy atom. The number of nitro groups is 1. The Balaban J connectivity index is 1.95. The van der Waals surface area contributed by atoms with E-state index in [2.05, 4.69) is 5.48 Å². The number of rotatable bonds is 3. The molecule has 1 heterocycles. The van der Waals surface area contributed by atoms with E-state index in [0.717, 1.165) is 0 Å². The van der Waals surface area contributed by atoms with E-state index in [1.54, 1.807) is 36.4 Å². The van der Waals surface area contributed by atoms with Crippen LogP contribution in [0.3, 0.4) is 0 Å². The van der Waals surface area contributed by atoms with Crippen molar-refractivity contribution in [3.63, 3.8) is 0 Å². The van der Waals surface area contributed by atoms with E-state index in [1.807, 2.05) is 0 Å². The molecule has 112 valence electrons. The van der Waals surface area contributed by atoms with Crippen LogP contribution in [0.2, 0.25) is 10.0 Å². The van der Waals surface area contributed by atoms with Gasteiger partial charge in [0.05, 0.1) is 10.6 Å². The van der Waals surface area contributed by atoms with Gasteiger partial charge in [-0.2, -0.15) is 0 Å². The van der Waals surface area contributed by atoms with Crippen LogP contribution in [-0.2, 0) is 4.84 Å². The van der Waals surface area contributed by atoms with E-state index in [9.17, 15) is 10.1 Å². The van der Waals surface area contributed by atoms with Crippen molar-refractivity contribution in [2.45, 2.75) is 6.10 Å². The highest BCUT2D eigenvalue weighted by atomic mass is 35.5. The number of halogens is 2. The van der Waals surface area contributed by atoms with Crippen LogP contribution in [0.1, 0.15) is 17.2 Å². The number of hydrogen-bond donors (Lipinski definition) is 1. The molecular formula is C15H10Cl2N2O3. The molecule has 1 aliphatic rings. The zero-order valence-electron chi connectivity index (χ0n) is 11.1. The molecule has 0 bridgehead atoms. The quantitative estimate of drug-likeness (QED) is 0.661. The Kier molecular flexibility index (Phi) is 4.02. The molecular weight excluding hydrogens is 327 g/mol. The Bertz CT molecular complexity index is 757. The molecule has 0 aliphatic carbocycles. The van der Waals surface area contributed by atoms with Gasteiger partial charge in [-0.15, -0.1) is 0 Å². The van der Waals surface area contributed by atoms with Gasteiger partial charge in [0.1, 0.15) is 6.10 Å². The van der Waals surface area contributed by atoms with Gasteiger partial charge in [-0.05, 0) is 18.2 Å². The lowest BCUT2D eigenvalue weighted by Gasteiger charge is -2.11. The van der Waals surface area contributed by atoms with E-state index in [4.69, 9.17) is 28.0 Å². The summed E-state index contributed by atoms with van der Waals surface area (Å²) in [5.74, 6) is 0. The fraction of sp³-hybridized carbons (Fsp3) is 0.0667. The van der Waals surface area contributed by atoms with E-state index in [1.165, 1.54) is 12.1 Å². The van der Waals surface area contributed by atoms with Crippen molar-refractivity contribution in [2.24, 2.45) is 0 Å². The first-order valence-corrected chi connectivity index (χ1v) is 7.14. The van der Waals surface area contributed by atoms with Crippen LogP contribution in [0, 0.1) is 10.1 Å². The van der Waals surface area contributed by atoms with Gasteiger partial charge in [-0.3, -0.25) is 20.4 Å². The molecule has 0 fully saturated rings.